The van der Waals surface area contributed by atoms with Gasteiger partial charge in [-0.2, -0.15) is 0 Å². The minimum atomic E-state index is -0.0384. The number of fused-ring (bicyclic) bond motifs is 7. The van der Waals surface area contributed by atoms with Crippen LogP contribution < -0.4 is 4.90 Å². The van der Waals surface area contributed by atoms with Gasteiger partial charge in [0.05, 0.1) is 11.1 Å². The zero-order valence-electron chi connectivity index (χ0n) is 31.3. The molecular weight excluding hydrogens is 631 g/mol. The molecule has 1 aromatic heterocycles. The fraction of sp³-hybridized carbons (Fsp3) is 0.360. The summed E-state index contributed by atoms with van der Waals surface area (Å²) in [7, 11) is 0. The van der Waals surface area contributed by atoms with Crippen molar-refractivity contribution in [3.05, 3.63) is 143 Å². The molecule has 0 aliphatic heterocycles. The first-order chi connectivity index (χ1) is 25.3. The number of nitrogens with zero attached hydrogens (tertiary/aromatic N) is 1. The van der Waals surface area contributed by atoms with Gasteiger partial charge in [-0.1, -0.05) is 101 Å². The molecule has 5 aliphatic carbocycles. The van der Waals surface area contributed by atoms with E-state index in [1.165, 1.54) is 98.9 Å². The highest BCUT2D eigenvalue weighted by Crippen LogP contribution is 2.56. The van der Waals surface area contributed by atoms with Gasteiger partial charge >= 0.3 is 0 Å². The smallest absolute Gasteiger partial charge is 0.137 e. The van der Waals surface area contributed by atoms with E-state index in [4.69, 9.17) is 4.42 Å². The molecule has 2 fully saturated rings. The zero-order chi connectivity index (χ0) is 35.2. The van der Waals surface area contributed by atoms with Crippen molar-refractivity contribution >= 4 is 44.5 Å². The molecule has 2 heteroatoms. The molecule has 52 heavy (non-hydrogen) atoms. The number of hydrogen-bond acceptors (Lipinski definition) is 2. The third-order valence-corrected chi connectivity index (χ3v) is 13.6. The summed E-state index contributed by atoms with van der Waals surface area (Å²) in [5.74, 6) is 2.42. The molecule has 0 radical (unpaired) electrons. The Hall–Kier alpha value is -4.56. The van der Waals surface area contributed by atoms with Crippen molar-refractivity contribution in [2.75, 3.05) is 4.90 Å². The van der Waals surface area contributed by atoms with E-state index >= 15 is 0 Å². The summed E-state index contributed by atoms with van der Waals surface area (Å²) in [4.78, 5) is 2.55. The standard InChI is InChI=1S/C50H51NO/c1-32-25-34-26-33(2)30-50(29-32,31-34)37-19-23-42-47(27-37)52-46-16-10-15-45(48(42)46)51(38-20-17-36(18-21-38)35-11-6-5-7-12-35)39-22-24-41-40-13-8-9-14-43(40)49(3,4)44(41)28-39/h6,8-21,23,27-28,32-34H,5,7,22,24-26,29-31H2,1-4H3. The van der Waals surface area contributed by atoms with Gasteiger partial charge in [-0.15, -0.1) is 0 Å². The quantitative estimate of drug-likeness (QED) is 0.184. The summed E-state index contributed by atoms with van der Waals surface area (Å²) >= 11 is 0. The van der Waals surface area contributed by atoms with Crippen molar-refractivity contribution in [2.45, 2.75) is 96.3 Å². The average Bonchev–Trinajstić information content (AvgIpc) is 3.64. The molecule has 5 aliphatic rings. The Bertz CT molecular complexity index is 2340. The molecule has 0 saturated heterocycles. The van der Waals surface area contributed by atoms with E-state index in [0.29, 0.717) is 0 Å². The molecule has 0 N–H and O–H groups in total. The van der Waals surface area contributed by atoms with Crippen LogP contribution in [0.4, 0.5) is 11.4 Å². The third-order valence-electron chi connectivity index (χ3n) is 13.6. The second kappa shape index (κ2) is 12.0. The molecule has 2 unspecified atom stereocenters. The minimum Gasteiger partial charge on any atom is -0.456 e. The van der Waals surface area contributed by atoms with Crippen LogP contribution in [0, 0.1) is 17.8 Å². The highest BCUT2D eigenvalue weighted by atomic mass is 16.3. The van der Waals surface area contributed by atoms with Gasteiger partial charge in [-0.05, 0) is 156 Å². The molecule has 2 saturated carbocycles. The molecule has 2 atom stereocenters. The van der Waals surface area contributed by atoms with Gasteiger partial charge in [0.15, 0.2) is 0 Å². The Morgan fingerprint density at radius 3 is 2.37 bits per heavy atom. The number of furan rings is 1. The minimum absolute atomic E-state index is 0.0384. The van der Waals surface area contributed by atoms with Crippen molar-refractivity contribution < 1.29 is 4.42 Å². The van der Waals surface area contributed by atoms with Crippen LogP contribution >= 0.6 is 0 Å². The average molecular weight is 682 g/mol. The first-order valence-corrected chi connectivity index (χ1v) is 20.0. The Morgan fingerprint density at radius 1 is 0.769 bits per heavy atom. The molecule has 10 rings (SSSR count). The van der Waals surface area contributed by atoms with Crippen molar-refractivity contribution in [1.82, 2.24) is 0 Å². The Labute approximate surface area is 309 Å². The highest BCUT2D eigenvalue weighted by molar-refractivity contribution is 6.13. The van der Waals surface area contributed by atoms with Crippen LogP contribution in [0.15, 0.2) is 125 Å². The van der Waals surface area contributed by atoms with Crippen molar-refractivity contribution in [1.29, 1.82) is 0 Å². The fourth-order valence-corrected chi connectivity index (χ4v) is 11.6. The van der Waals surface area contributed by atoms with Crippen molar-refractivity contribution in [2.24, 2.45) is 17.8 Å². The number of benzene rings is 4. The van der Waals surface area contributed by atoms with Gasteiger partial charge < -0.3 is 9.32 Å². The number of rotatable bonds is 5. The van der Waals surface area contributed by atoms with Crippen LogP contribution in [0.3, 0.4) is 0 Å². The second-order valence-electron chi connectivity index (χ2n) is 17.6. The third kappa shape index (κ3) is 5.04. The van der Waals surface area contributed by atoms with Crippen LogP contribution in [-0.2, 0) is 10.8 Å². The highest BCUT2D eigenvalue weighted by Gasteiger charge is 2.45. The predicted molar refractivity (Wildman–Crippen MR) is 219 cm³/mol. The van der Waals surface area contributed by atoms with E-state index in [0.717, 1.165) is 54.6 Å². The van der Waals surface area contributed by atoms with Crippen LogP contribution in [0.25, 0.3) is 33.1 Å². The summed E-state index contributed by atoms with van der Waals surface area (Å²) in [6.07, 6.45) is 20.5. The van der Waals surface area contributed by atoms with Gasteiger partial charge in [-0.25, -0.2) is 0 Å². The maximum atomic E-state index is 6.86. The Balaban J connectivity index is 1.12. The topological polar surface area (TPSA) is 16.4 Å². The second-order valence-corrected chi connectivity index (χ2v) is 17.6. The number of anilines is 2. The van der Waals surface area contributed by atoms with Crippen LogP contribution in [-0.4, -0.2) is 0 Å². The van der Waals surface area contributed by atoms with E-state index in [1.807, 2.05) is 0 Å². The lowest BCUT2D eigenvalue weighted by Gasteiger charge is -2.50. The van der Waals surface area contributed by atoms with Crippen LogP contribution in [0.5, 0.6) is 0 Å². The Morgan fingerprint density at radius 2 is 1.58 bits per heavy atom. The summed E-state index contributed by atoms with van der Waals surface area (Å²) in [6.45, 7) is 9.78. The summed E-state index contributed by atoms with van der Waals surface area (Å²) in [5.41, 5.74) is 16.0. The molecule has 0 spiro atoms. The van der Waals surface area contributed by atoms with E-state index in [2.05, 4.69) is 142 Å². The molecule has 4 aromatic carbocycles. The summed E-state index contributed by atoms with van der Waals surface area (Å²) < 4.78 is 6.86. The lowest BCUT2D eigenvalue weighted by molar-refractivity contribution is 0.0781. The maximum Gasteiger partial charge on any atom is 0.137 e. The molecule has 262 valence electrons. The summed E-state index contributed by atoms with van der Waals surface area (Å²) in [5, 5.41) is 2.43. The lowest BCUT2D eigenvalue weighted by atomic mass is 9.54. The summed E-state index contributed by atoms with van der Waals surface area (Å²) in [6, 6.07) is 32.4. The Kier molecular flexibility index (Phi) is 7.40. The first-order valence-electron chi connectivity index (χ1n) is 20.0. The zero-order valence-corrected chi connectivity index (χ0v) is 31.3. The van der Waals surface area contributed by atoms with Crippen LogP contribution in [0.1, 0.15) is 108 Å². The van der Waals surface area contributed by atoms with Crippen molar-refractivity contribution in [3.8, 4) is 0 Å². The van der Waals surface area contributed by atoms with E-state index in [9.17, 15) is 0 Å². The number of hydrogen-bond donors (Lipinski definition) is 0. The van der Waals surface area contributed by atoms with Gasteiger partial charge in [0.1, 0.15) is 11.2 Å². The van der Waals surface area contributed by atoms with Crippen molar-refractivity contribution in [3.63, 3.8) is 0 Å². The van der Waals surface area contributed by atoms with Gasteiger partial charge in [-0.3, -0.25) is 0 Å². The largest absolute Gasteiger partial charge is 0.456 e. The molecule has 5 aromatic rings. The van der Waals surface area contributed by atoms with E-state index in [-0.39, 0.29) is 10.8 Å². The monoisotopic (exact) mass is 681 g/mol. The molecular formula is C50H51NO. The van der Waals surface area contributed by atoms with Gasteiger partial charge in [0.25, 0.3) is 0 Å². The molecule has 1 heterocycles. The van der Waals surface area contributed by atoms with Crippen LogP contribution in [0.2, 0.25) is 0 Å². The van der Waals surface area contributed by atoms with E-state index < -0.39 is 0 Å². The first kappa shape index (κ1) is 32.1. The lowest BCUT2D eigenvalue weighted by Crippen LogP contribution is -2.42. The molecule has 0 amide bonds. The molecule has 2 nitrogen and oxygen atoms in total. The predicted octanol–water partition coefficient (Wildman–Crippen LogP) is 14.0. The molecule has 2 bridgehead atoms. The van der Waals surface area contributed by atoms with Gasteiger partial charge in [0, 0.05) is 22.2 Å². The normalized spacial score (nSPS) is 26.3. The van der Waals surface area contributed by atoms with Gasteiger partial charge in [0.2, 0.25) is 0 Å². The number of allylic oxidation sites excluding steroid dienone is 8. The SMILES string of the molecule is CC1CC2CC(C)CC(c3ccc4c(c3)oc3cccc(N(C5=CC6=C(CC5)c5ccccc5C6(C)C)c5ccc(C6=CCCC=C6)cc5)c34)(C1)C2. The van der Waals surface area contributed by atoms with E-state index in [1.54, 1.807) is 0 Å². The fourth-order valence-electron chi connectivity index (χ4n) is 11.6. The maximum absolute atomic E-state index is 6.86.